The van der Waals surface area contributed by atoms with Crippen LogP contribution in [0.2, 0.25) is 0 Å². The van der Waals surface area contributed by atoms with Crippen molar-refractivity contribution in [3.63, 3.8) is 0 Å². The number of thiazole rings is 1. The molecule has 0 aromatic carbocycles. The summed E-state index contributed by atoms with van der Waals surface area (Å²) in [4.78, 5) is 9.76. The number of hydrogen-bond donors (Lipinski definition) is 1. The Morgan fingerprint density at radius 3 is 3.00 bits per heavy atom. The molecule has 1 N–H and O–H groups in total. The van der Waals surface area contributed by atoms with Crippen LogP contribution in [0.15, 0.2) is 10.5 Å². The first-order chi connectivity index (χ1) is 5.77. The Hall–Kier alpha value is -0.900. The molecule has 0 aliphatic carbocycles. The molecule has 3 nitrogen and oxygen atoms in total. The number of aliphatic imine (C=N–C) groups is 1. The zero-order valence-corrected chi connectivity index (χ0v) is 7.98. The van der Waals surface area contributed by atoms with Crippen LogP contribution in [0, 0.1) is 6.92 Å². The maximum absolute atomic E-state index is 4.40. The van der Waals surface area contributed by atoms with E-state index in [1.165, 1.54) is 4.88 Å². The fourth-order valence-electron chi connectivity index (χ4n) is 1.22. The molecule has 1 aliphatic heterocycles. The first-order valence-electron chi connectivity index (χ1n) is 3.99. The Morgan fingerprint density at radius 1 is 1.67 bits per heavy atom. The van der Waals surface area contributed by atoms with E-state index in [2.05, 4.69) is 22.2 Å². The third-order valence-electron chi connectivity index (χ3n) is 1.87. The van der Waals surface area contributed by atoms with Crippen LogP contribution in [-0.2, 0) is 0 Å². The van der Waals surface area contributed by atoms with Crippen molar-refractivity contribution in [1.82, 2.24) is 10.3 Å². The van der Waals surface area contributed by atoms with Gasteiger partial charge in [-0.2, -0.15) is 0 Å². The normalized spacial score (nSPS) is 22.2. The van der Waals surface area contributed by atoms with Gasteiger partial charge in [0.25, 0.3) is 0 Å². The van der Waals surface area contributed by atoms with Gasteiger partial charge in [-0.05, 0) is 13.8 Å². The first kappa shape index (κ1) is 7.73. The van der Waals surface area contributed by atoms with Crippen LogP contribution in [0.25, 0.3) is 0 Å². The van der Waals surface area contributed by atoms with E-state index in [0.29, 0.717) is 6.04 Å². The van der Waals surface area contributed by atoms with Gasteiger partial charge in [-0.3, -0.25) is 4.99 Å². The topological polar surface area (TPSA) is 37.3 Å². The SMILES string of the molecule is Cc1ncsc1C1=NCC(C)N1. The number of hydrogen-bond acceptors (Lipinski definition) is 4. The standard InChI is InChI=1S/C8H11N3S/c1-5-3-9-8(11-5)7-6(2)10-4-12-7/h4-5H,3H2,1-2H3,(H,9,11). The Balaban J connectivity index is 2.27. The first-order valence-corrected chi connectivity index (χ1v) is 4.87. The summed E-state index contributed by atoms with van der Waals surface area (Å²) < 4.78 is 0. The van der Waals surface area contributed by atoms with E-state index in [1.54, 1.807) is 11.3 Å². The number of aromatic nitrogens is 1. The molecule has 0 bridgehead atoms. The Bertz CT molecular complexity index is 316. The van der Waals surface area contributed by atoms with Crippen molar-refractivity contribution < 1.29 is 0 Å². The quantitative estimate of drug-likeness (QED) is 0.706. The zero-order valence-electron chi connectivity index (χ0n) is 7.16. The molecule has 1 aromatic rings. The van der Waals surface area contributed by atoms with Gasteiger partial charge < -0.3 is 5.32 Å². The van der Waals surface area contributed by atoms with Crippen molar-refractivity contribution in [3.05, 3.63) is 16.1 Å². The van der Waals surface area contributed by atoms with E-state index in [-0.39, 0.29) is 0 Å². The van der Waals surface area contributed by atoms with E-state index in [4.69, 9.17) is 0 Å². The van der Waals surface area contributed by atoms with Crippen LogP contribution in [0.3, 0.4) is 0 Å². The molecular weight excluding hydrogens is 170 g/mol. The van der Waals surface area contributed by atoms with Crippen molar-refractivity contribution in [1.29, 1.82) is 0 Å². The summed E-state index contributed by atoms with van der Waals surface area (Å²) in [6.07, 6.45) is 0. The lowest BCUT2D eigenvalue weighted by Crippen LogP contribution is -2.27. The monoisotopic (exact) mass is 181 g/mol. The van der Waals surface area contributed by atoms with Gasteiger partial charge in [0.05, 0.1) is 22.6 Å². The van der Waals surface area contributed by atoms with E-state index >= 15 is 0 Å². The summed E-state index contributed by atoms with van der Waals surface area (Å²) in [7, 11) is 0. The predicted molar refractivity (Wildman–Crippen MR) is 50.9 cm³/mol. The second-order valence-corrected chi connectivity index (χ2v) is 3.86. The van der Waals surface area contributed by atoms with Crippen molar-refractivity contribution in [2.24, 2.45) is 4.99 Å². The van der Waals surface area contributed by atoms with E-state index in [1.807, 2.05) is 12.4 Å². The molecule has 0 fully saturated rings. The van der Waals surface area contributed by atoms with Crippen LogP contribution < -0.4 is 5.32 Å². The van der Waals surface area contributed by atoms with Gasteiger partial charge in [-0.1, -0.05) is 0 Å². The summed E-state index contributed by atoms with van der Waals surface area (Å²) in [5.74, 6) is 1.02. The zero-order chi connectivity index (χ0) is 8.55. The fraction of sp³-hybridized carbons (Fsp3) is 0.500. The number of amidine groups is 1. The highest BCUT2D eigenvalue weighted by molar-refractivity contribution is 7.12. The molecule has 0 saturated heterocycles. The van der Waals surface area contributed by atoms with Crippen LogP contribution >= 0.6 is 11.3 Å². The van der Waals surface area contributed by atoms with Crippen molar-refractivity contribution in [3.8, 4) is 0 Å². The Kier molecular flexibility index (Phi) is 1.84. The lowest BCUT2D eigenvalue weighted by molar-refractivity contribution is 0.726. The van der Waals surface area contributed by atoms with Gasteiger partial charge >= 0.3 is 0 Å². The van der Waals surface area contributed by atoms with Crippen LogP contribution in [-0.4, -0.2) is 23.4 Å². The number of nitrogens with zero attached hydrogens (tertiary/aromatic N) is 2. The summed E-state index contributed by atoms with van der Waals surface area (Å²) in [6, 6.07) is 0.474. The molecule has 1 unspecified atom stereocenters. The molecule has 4 heteroatoms. The van der Waals surface area contributed by atoms with Gasteiger partial charge in [0, 0.05) is 6.04 Å². The number of nitrogens with one attached hydrogen (secondary N) is 1. The van der Waals surface area contributed by atoms with Gasteiger partial charge in [0.15, 0.2) is 0 Å². The lowest BCUT2D eigenvalue weighted by atomic mass is 10.3. The van der Waals surface area contributed by atoms with Crippen molar-refractivity contribution in [2.45, 2.75) is 19.9 Å². The highest BCUT2D eigenvalue weighted by atomic mass is 32.1. The van der Waals surface area contributed by atoms with Crippen molar-refractivity contribution in [2.75, 3.05) is 6.54 Å². The fourth-order valence-corrected chi connectivity index (χ4v) is 1.99. The van der Waals surface area contributed by atoms with Gasteiger partial charge in [0.2, 0.25) is 0 Å². The lowest BCUT2D eigenvalue weighted by Gasteiger charge is -2.03. The number of rotatable bonds is 1. The summed E-state index contributed by atoms with van der Waals surface area (Å²) >= 11 is 1.64. The second-order valence-electron chi connectivity index (χ2n) is 3.00. The molecule has 2 heterocycles. The molecule has 64 valence electrons. The maximum atomic E-state index is 4.40. The minimum absolute atomic E-state index is 0.474. The molecule has 1 aliphatic rings. The van der Waals surface area contributed by atoms with Crippen molar-refractivity contribution >= 4 is 17.2 Å². The van der Waals surface area contributed by atoms with Gasteiger partial charge in [0.1, 0.15) is 5.84 Å². The Labute approximate surface area is 75.6 Å². The van der Waals surface area contributed by atoms with Gasteiger partial charge in [-0.15, -0.1) is 11.3 Å². The maximum Gasteiger partial charge on any atom is 0.140 e. The predicted octanol–water partition coefficient (Wildman–Crippen LogP) is 1.19. The molecule has 1 atom stereocenters. The van der Waals surface area contributed by atoms with Gasteiger partial charge in [-0.25, -0.2) is 4.98 Å². The van der Waals surface area contributed by atoms with E-state index < -0.39 is 0 Å². The third kappa shape index (κ3) is 1.22. The summed E-state index contributed by atoms with van der Waals surface area (Å²) in [5.41, 5.74) is 2.93. The highest BCUT2D eigenvalue weighted by Gasteiger charge is 2.16. The minimum Gasteiger partial charge on any atom is -0.365 e. The Morgan fingerprint density at radius 2 is 2.50 bits per heavy atom. The van der Waals surface area contributed by atoms with Crippen LogP contribution in [0.5, 0.6) is 0 Å². The molecule has 1 aromatic heterocycles. The molecular formula is C8H11N3S. The summed E-state index contributed by atoms with van der Waals surface area (Å²) in [6.45, 7) is 5.03. The largest absolute Gasteiger partial charge is 0.365 e. The molecule has 2 rings (SSSR count). The average Bonchev–Trinajstić information content (AvgIpc) is 2.58. The average molecular weight is 181 g/mol. The molecule has 0 saturated carbocycles. The van der Waals surface area contributed by atoms with E-state index in [9.17, 15) is 0 Å². The van der Waals surface area contributed by atoms with Crippen LogP contribution in [0.1, 0.15) is 17.5 Å². The smallest absolute Gasteiger partial charge is 0.140 e. The molecule has 0 spiro atoms. The highest BCUT2D eigenvalue weighted by Crippen LogP contribution is 2.14. The van der Waals surface area contributed by atoms with E-state index in [0.717, 1.165) is 18.1 Å². The molecule has 0 amide bonds. The minimum atomic E-state index is 0.474. The second kappa shape index (κ2) is 2.86. The van der Waals surface area contributed by atoms with Crippen LogP contribution in [0.4, 0.5) is 0 Å². The number of aryl methyl sites for hydroxylation is 1. The molecule has 12 heavy (non-hydrogen) atoms. The third-order valence-corrected chi connectivity index (χ3v) is 2.80. The molecule has 0 radical (unpaired) electrons. The summed E-state index contributed by atoms with van der Waals surface area (Å²) in [5, 5.41) is 3.32.